The average Bonchev–Trinajstić information content (AvgIpc) is 2.67. The highest BCUT2D eigenvalue weighted by atomic mass is 32.2. The van der Waals surface area contributed by atoms with Gasteiger partial charge in [-0.3, -0.25) is 9.10 Å². The van der Waals surface area contributed by atoms with Gasteiger partial charge in [-0.1, -0.05) is 50.2 Å². The molecular formula is C23H32N2O3S. The lowest BCUT2D eigenvalue weighted by Crippen LogP contribution is -2.50. The van der Waals surface area contributed by atoms with Gasteiger partial charge in [-0.15, -0.1) is 0 Å². The number of carbonyl (C=O) groups is 1. The van der Waals surface area contributed by atoms with Gasteiger partial charge < -0.3 is 5.32 Å². The van der Waals surface area contributed by atoms with Crippen molar-refractivity contribution in [1.29, 1.82) is 0 Å². The predicted molar refractivity (Wildman–Crippen MR) is 120 cm³/mol. The Morgan fingerprint density at radius 1 is 1.07 bits per heavy atom. The Morgan fingerprint density at radius 2 is 1.69 bits per heavy atom. The van der Waals surface area contributed by atoms with Gasteiger partial charge in [-0.2, -0.15) is 0 Å². The van der Waals surface area contributed by atoms with Crippen molar-refractivity contribution in [1.82, 2.24) is 5.32 Å². The third kappa shape index (κ3) is 5.60. The van der Waals surface area contributed by atoms with Gasteiger partial charge in [0.25, 0.3) is 0 Å². The lowest BCUT2D eigenvalue weighted by Gasteiger charge is -2.32. The van der Waals surface area contributed by atoms with Gasteiger partial charge in [0.15, 0.2) is 0 Å². The first-order valence-corrected chi connectivity index (χ1v) is 11.9. The minimum atomic E-state index is -3.65. The van der Waals surface area contributed by atoms with Gasteiger partial charge >= 0.3 is 0 Å². The molecule has 5 nitrogen and oxygen atoms in total. The number of nitrogens with zero attached hydrogens (tertiary/aromatic N) is 1. The number of carbonyl (C=O) groups excluding carboxylic acids is 1. The van der Waals surface area contributed by atoms with Crippen LogP contribution in [0.2, 0.25) is 0 Å². The summed E-state index contributed by atoms with van der Waals surface area (Å²) < 4.78 is 26.6. The van der Waals surface area contributed by atoms with Crippen molar-refractivity contribution in [3.05, 3.63) is 64.7 Å². The number of benzene rings is 2. The molecule has 0 bridgehead atoms. The molecule has 0 aliphatic carbocycles. The van der Waals surface area contributed by atoms with E-state index < -0.39 is 16.1 Å². The molecule has 1 amide bonds. The summed E-state index contributed by atoms with van der Waals surface area (Å²) in [5.74, 6) is -0.300. The second kappa shape index (κ2) is 9.44. The number of aryl methyl sites for hydroxylation is 3. The molecule has 2 rings (SSSR count). The molecule has 1 N–H and O–H groups in total. The summed E-state index contributed by atoms with van der Waals surface area (Å²) in [6.45, 7) is 9.60. The van der Waals surface area contributed by atoms with Crippen LogP contribution < -0.4 is 9.62 Å². The normalized spacial score (nSPS) is 13.6. The summed E-state index contributed by atoms with van der Waals surface area (Å²) in [5, 5.41) is 3.00. The fraction of sp³-hybridized carbons (Fsp3) is 0.435. The van der Waals surface area contributed by atoms with Crippen molar-refractivity contribution < 1.29 is 13.2 Å². The Bertz CT molecular complexity index is 953. The molecule has 2 aromatic rings. The monoisotopic (exact) mass is 416 g/mol. The number of hydrogen-bond acceptors (Lipinski definition) is 3. The first-order valence-electron chi connectivity index (χ1n) is 10.0. The fourth-order valence-corrected chi connectivity index (χ4v) is 4.69. The van der Waals surface area contributed by atoms with E-state index in [0.29, 0.717) is 12.1 Å². The Kier molecular flexibility index (Phi) is 7.47. The maximum Gasteiger partial charge on any atom is 0.244 e. The van der Waals surface area contributed by atoms with Crippen molar-refractivity contribution in [2.45, 2.75) is 59.5 Å². The van der Waals surface area contributed by atoms with Crippen LogP contribution in [0.4, 0.5) is 5.69 Å². The second-order valence-electron chi connectivity index (χ2n) is 7.60. The van der Waals surface area contributed by atoms with Crippen LogP contribution in [-0.4, -0.2) is 26.6 Å². The molecule has 2 aromatic carbocycles. The van der Waals surface area contributed by atoms with Gasteiger partial charge in [0.1, 0.15) is 6.04 Å². The summed E-state index contributed by atoms with van der Waals surface area (Å²) in [5.41, 5.74) is 4.53. The van der Waals surface area contributed by atoms with Crippen LogP contribution in [0.1, 0.15) is 55.5 Å². The third-order valence-corrected chi connectivity index (χ3v) is 6.34. The molecule has 0 radical (unpaired) electrons. The van der Waals surface area contributed by atoms with Crippen LogP contribution in [0.15, 0.2) is 42.5 Å². The molecule has 0 aliphatic heterocycles. The van der Waals surface area contributed by atoms with Crippen LogP contribution in [0.5, 0.6) is 0 Å². The lowest BCUT2D eigenvalue weighted by atomic mass is 10.0. The molecule has 0 fully saturated rings. The quantitative estimate of drug-likeness (QED) is 0.698. The van der Waals surface area contributed by atoms with E-state index in [1.807, 2.05) is 70.2 Å². The highest BCUT2D eigenvalue weighted by Crippen LogP contribution is 2.28. The molecule has 0 unspecified atom stereocenters. The van der Waals surface area contributed by atoms with Crippen LogP contribution in [-0.2, 0) is 21.2 Å². The van der Waals surface area contributed by atoms with E-state index in [4.69, 9.17) is 0 Å². The first kappa shape index (κ1) is 22.9. The SMILES string of the molecule is CCc1ccc([C@@H](C)NC(=O)[C@H](CC)N(c2cc(C)ccc2C)S(C)(=O)=O)cc1. The zero-order chi connectivity index (χ0) is 21.8. The molecule has 2 atom stereocenters. The van der Waals surface area contributed by atoms with E-state index in [1.165, 1.54) is 9.87 Å². The van der Waals surface area contributed by atoms with E-state index in [-0.39, 0.29) is 11.9 Å². The maximum atomic E-state index is 13.1. The summed E-state index contributed by atoms with van der Waals surface area (Å²) in [6, 6.07) is 12.7. The zero-order valence-corrected chi connectivity index (χ0v) is 19.0. The average molecular weight is 417 g/mol. The number of hydrogen-bond donors (Lipinski definition) is 1. The van der Waals surface area contributed by atoms with Gasteiger partial charge in [-0.05, 0) is 61.9 Å². The van der Waals surface area contributed by atoms with Gasteiger partial charge in [0, 0.05) is 0 Å². The fourth-order valence-electron chi connectivity index (χ4n) is 3.43. The molecule has 0 spiro atoms. The molecule has 0 aliphatic rings. The minimum Gasteiger partial charge on any atom is -0.348 e. The molecular weight excluding hydrogens is 384 g/mol. The Balaban J connectivity index is 2.34. The Labute approximate surface area is 175 Å². The smallest absolute Gasteiger partial charge is 0.244 e. The molecule has 0 saturated heterocycles. The predicted octanol–water partition coefficient (Wildman–Crippen LogP) is 4.29. The van der Waals surface area contributed by atoms with Gasteiger partial charge in [0.2, 0.25) is 15.9 Å². The number of rotatable bonds is 8. The van der Waals surface area contributed by atoms with E-state index in [0.717, 1.165) is 29.4 Å². The number of amides is 1. The molecule has 0 heterocycles. The van der Waals surface area contributed by atoms with Crippen molar-refractivity contribution in [3.63, 3.8) is 0 Å². The highest BCUT2D eigenvalue weighted by Gasteiger charge is 2.33. The van der Waals surface area contributed by atoms with Gasteiger partial charge in [0.05, 0.1) is 18.0 Å². The number of sulfonamides is 1. The molecule has 6 heteroatoms. The van der Waals surface area contributed by atoms with Gasteiger partial charge in [-0.25, -0.2) is 8.42 Å². The number of nitrogens with one attached hydrogen (secondary N) is 1. The first-order chi connectivity index (χ1) is 13.6. The zero-order valence-electron chi connectivity index (χ0n) is 18.2. The molecule has 158 valence electrons. The molecule has 29 heavy (non-hydrogen) atoms. The largest absolute Gasteiger partial charge is 0.348 e. The highest BCUT2D eigenvalue weighted by molar-refractivity contribution is 7.92. The lowest BCUT2D eigenvalue weighted by molar-refractivity contribution is -0.122. The van der Waals surface area contributed by atoms with Crippen LogP contribution in [0.25, 0.3) is 0 Å². The summed E-state index contributed by atoms with van der Waals surface area (Å²) in [4.78, 5) is 13.1. The summed E-state index contributed by atoms with van der Waals surface area (Å²) in [6.07, 6.45) is 2.48. The van der Waals surface area contributed by atoms with Crippen molar-refractivity contribution in [3.8, 4) is 0 Å². The summed E-state index contributed by atoms with van der Waals surface area (Å²) in [7, 11) is -3.65. The standard InChI is InChI=1S/C23H32N2O3S/c1-7-19-11-13-20(14-12-19)18(5)24-23(26)21(8-2)25(29(6,27)28)22-15-16(3)9-10-17(22)4/h9-15,18,21H,7-8H2,1-6H3,(H,24,26)/t18-,21+/m1/s1. The van der Waals surface area contributed by atoms with Crippen molar-refractivity contribution in [2.24, 2.45) is 0 Å². The maximum absolute atomic E-state index is 13.1. The van der Waals surface area contributed by atoms with Crippen LogP contribution >= 0.6 is 0 Å². The van der Waals surface area contributed by atoms with E-state index >= 15 is 0 Å². The van der Waals surface area contributed by atoms with Crippen LogP contribution in [0, 0.1) is 13.8 Å². The topological polar surface area (TPSA) is 66.5 Å². The summed E-state index contributed by atoms with van der Waals surface area (Å²) >= 11 is 0. The molecule has 0 aromatic heterocycles. The Hall–Kier alpha value is -2.34. The van der Waals surface area contributed by atoms with Crippen LogP contribution in [0.3, 0.4) is 0 Å². The molecule has 0 saturated carbocycles. The third-order valence-electron chi connectivity index (χ3n) is 5.18. The second-order valence-corrected chi connectivity index (χ2v) is 9.46. The Morgan fingerprint density at radius 3 is 2.21 bits per heavy atom. The van der Waals surface area contributed by atoms with Crippen molar-refractivity contribution >= 4 is 21.6 Å². The van der Waals surface area contributed by atoms with E-state index in [9.17, 15) is 13.2 Å². The van der Waals surface area contributed by atoms with Crippen molar-refractivity contribution in [2.75, 3.05) is 10.6 Å². The van der Waals surface area contributed by atoms with E-state index in [1.54, 1.807) is 0 Å². The van der Waals surface area contributed by atoms with E-state index in [2.05, 4.69) is 12.2 Å². The number of anilines is 1. The minimum absolute atomic E-state index is 0.220.